The fourth-order valence-electron chi connectivity index (χ4n) is 7.13. The van der Waals surface area contributed by atoms with Gasteiger partial charge in [-0.2, -0.15) is 0 Å². The molecule has 6 atom stereocenters. The lowest BCUT2D eigenvalue weighted by Crippen LogP contribution is -2.55. The molecule has 1 aromatic heterocycles. The van der Waals surface area contributed by atoms with Gasteiger partial charge >= 0.3 is 5.97 Å². The van der Waals surface area contributed by atoms with Crippen LogP contribution in [0.2, 0.25) is 0 Å². The SMILES string of the molecule is C[C@]12COC(=O)CC1CC[C@@H]1C2CC[C@]2(C)C(c3cccnc3)=CCC12. The zero-order valence-corrected chi connectivity index (χ0v) is 15.9. The quantitative estimate of drug-likeness (QED) is 0.677. The van der Waals surface area contributed by atoms with Gasteiger partial charge in [0.05, 0.1) is 6.61 Å². The molecule has 5 rings (SSSR count). The van der Waals surface area contributed by atoms with Crippen LogP contribution in [0, 0.1) is 34.5 Å². The van der Waals surface area contributed by atoms with Crippen molar-refractivity contribution in [2.75, 3.05) is 6.61 Å². The Kier molecular flexibility index (Phi) is 3.61. The summed E-state index contributed by atoms with van der Waals surface area (Å²) in [5, 5.41) is 0. The van der Waals surface area contributed by atoms with E-state index in [9.17, 15) is 4.79 Å². The van der Waals surface area contributed by atoms with Crippen molar-refractivity contribution in [2.45, 2.75) is 52.4 Å². The van der Waals surface area contributed by atoms with Crippen LogP contribution in [0.1, 0.15) is 57.9 Å². The van der Waals surface area contributed by atoms with E-state index in [0.717, 1.165) is 11.8 Å². The third kappa shape index (κ3) is 2.18. The summed E-state index contributed by atoms with van der Waals surface area (Å²) in [5.41, 5.74) is 3.30. The average Bonchev–Trinajstić information content (AvgIpc) is 3.00. The molecule has 4 aliphatic rings. The molecular weight excluding hydrogens is 322 g/mol. The highest BCUT2D eigenvalue weighted by molar-refractivity contribution is 5.72. The highest BCUT2D eigenvalue weighted by Gasteiger charge is 2.59. The van der Waals surface area contributed by atoms with Crippen LogP contribution in [0.15, 0.2) is 30.6 Å². The standard InChI is InChI=1S/C23H29NO2/c1-22-10-9-20-17(6-5-16-12-21(25)26-14-23(16,20)2)19(22)8-7-18(22)15-4-3-11-24-13-15/h3-4,7,11,13,16-17,19-20H,5-6,8-10,12,14H2,1-2H3/t16?,17-,19?,20?,22+,23-/m0/s1. The predicted molar refractivity (Wildman–Crippen MR) is 101 cm³/mol. The van der Waals surface area contributed by atoms with Crippen molar-refractivity contribution in [3.63, 3.8) is 0 Å². The molecule has 0 radical (unpaired) electrons. The summed E-state index contributed by atoms with van der Waals surface area (Å²) in [4.78, 5) is 16.2. The third-order valence-electron chi connectivity index (χ3n) is 8.58. The first kappa shape index (κ1) is 16.5. The second-order valence-corrected chi connectivity index (χ2v) is 9.57. The minimum Gasteiger partial charge on any atom is -0.465 e. The highest BCUT2D eigenvalue weighted by Crippen LogP contribution is 2.66. The van der Waals surface area contributed by atoms with Gasteiger partial charge in [0.15, 0.2) is 0 Å². The predicted octanol–water partition coefficient (Wildman–Crippen LogP) is 4.88. The summed E-state index contributed by atoms with van der Waals surface area (Å²) in [5.74, 6) is 2.74. The number of cyclic esters (lactones) is 1. The van der Waals surface area contributed by atoms with Crippen LogP contribution in [0.5, 0.6) is 0 Å². The van der Waals surface area contributed by atoms with Gasteiger partial charge in [-0.15, -0.1) is 0 Å². The summed E-state index contributed by atoms with van der Waals surface area (Å²) in [7, 11) is 0. The monoisotopic (exact) mass is 351 g/mol. The van der Waals surface area contributed by atoms with Crippen LogP contribution >= 0.6 is 0 Å². The molecule has 26 heavy (non-hydrogen) atoms. The normalized spacial score (nSPS) is 44.4. The van der Waals surface area contributed by atoms with E-state index in [-0.39, 0.29) is 16.8 Å². The molecule has 138 valence electrons. The Balaban J connectivity index is 1.45. The van der Waals surface area contributed by atoms with E-state index < -0.39 is 0 Å². The highest BCUT2D eigenvalue weighted by atomic mass is 16.5. The Morgan fingerprint density at radius 1 is 1.19 bits per heavy atom. The number of allylic oxidation sites excluding steroid dienone is 2. The van der Waals surface area contributed by atoms with Gasteiger partial charge in [0.2, 0.25) is 0 Å². The van der Waals surface area contributed by atoms with Crippen molar-refractivity contribution in [1.29, 1.82) is 0 Å². The molecule has 1 saturated heterocycles. The molecule has 0 N–H and O–H groups in total. The lowest BCUT2D eigenvalue weighted by molar-refractivity contribution is -0.178. The first-order valence-corrected chi connectivity index (χ1v) is 10.3. The number of carbonyl (C=O) groups is 1. The molecule has 1 aliphatic heterocycles. The van der Waals surface area contributed by atoms with Gasteiger partial charge in [0.25, 0.3) is 0 Å². The van der Waals surface area contributed by atoms with Crippen LogP contribution in [-0.2, 0) is 9.53 Å². The number of aromatic nitrogens is 1. The molecule has 1 aromatic rings. The van der Waals surface area contributed by atoms with Crippen molar-refractivity contribution in [3.8, 4) is 0 Å². The lowest BCUT2D eigenvalue weighted by Gasteiger charge is -2.59. The van der Waals surface area contributed by atoms with Crippen molar-refractivity contribution < 1.29 is 9.53 Å². The largest absolute Gasteiger partial charge is 0.465 e. The summed E-state index contributed by atoms with van der Waals surface area (Å²) < 4.78 is 5.57. The molecule has 3 unspecified atom stereocenters. The molecule has 2 heterocycles. The van der Waals surface area contributed by atoms with E-state index in [0.29, 0.717) is 24.9 Å². The molecule has 3 nitrogen and oxygen atoms in total. The number of hydrogen-bond acceptors (Lipinski definition) is 3. The van der Waals surface area contributed by atoms with E-state index in [1.165, 1.54) is 43.2 Å². The molecule has 0 spiro atoms. The van der Waals surface area contributed by atoms with Crippen LogP contribution in [0.3, 0.4) is 0 Å². The van der Waals surface area contributed by atoms with Crippen LogP contribution in [0.4, 0.5) is 0 Å². The number of hydrogen-bond donors (Lipinski definition) is 0. The first-order valence-electron chi connectivity index (χ1n) is 10.3. The molecule has 3 fully saturated rings. The second kappa shape index (κ2) is 5.68. The Labute approximate surface area is 156 Å². The molecule has 2 saturated carbocycles. The van der Waals surface area contributed by atoms with Crippen LogP contribution in [0.25, 0.3) is 5.57 Å². The fourth-order valence-corrected chi connectivity index (χ4v) is 7.13. The Hall–Kier alpha value is -1.64. The Morgan fingerprint density at radius 2 is 2.08 bits per heavy atom. The zero-order valence-electron chi connectivity index (χ0n) is 15.9. The molecule has 3 aliphatic carbocycles. The van der Waals surface area contributed by atoms with Crippen molar-refractivity contribution in [3.05, 3.63) is 36.2 Å². The summed E-state index contributed by atoms with van der Waals surface area (Å²) in [6.45, 7) is 5.55. The van der Waals surface area contributed by atoms with Crippen LogP contribution in [-0.4, -0.2) is 17.6 Å². The van der Waals surface area contributed by atoms with Crippen molar-refractivity contribution in [2.24, 2.45) is 34.5 Å². The molecular formula is C23H29NO2. The number of pyridine rings is 1. The summed E-state index contributed by atoms with van der Waals surface area (Å²) >= 11 is 0. The lowest BCUT2D eigenvalue weighted by atomic mass is 9.46. The smallest absolute Gasteiger partial charge is 0.306 e. The van der Waals surface area contributed by atoms with Gasteiger partial charge in [-0.3, -0.25) is 9.78 Å². The van der Waals surface area contributed by atoms with E-state index in [1.54, 1.807) is 0 Å². The molecule has 0 aromatic carbocycles. The van der Waals surface area contributed by atoms with Gasteiger partial charge < -0.3 is 4.74 Å². The number of nitrogens with zero attached hydrogens (tertiary/aromatic N) is 1. The number of esters is 1. The topological polar surface area (TPSA) is 39.2 Å². The fraction of sp³-hybridized carbons (Fsp3) is 0.652. The summed E-state index contributed by atoms with van der Waals surface area (Å²) in [6.07, 6.45) is 13.2. The number of carbonyl (C=O) groups excluding carboxylic acids is 1. The average molecular weight is 351 g/mol. The Bertz CT molecular complexity index is 757. The molecule has 0 amide bonds. The third-order valence-corrected chi connectivity index (χ3v) is 8.58. The maximum Gasteiger partial charge on any atom is 0.306 e. The minimum absolute atomic E-state index is 0.0213. The van der Waals surface area contributed by atoms with E-state index in [4.69, 9.17) is 4.74 Å². The van der Waals surface area contributed by atoms with Crippen LogP contribution < -0.4 is 0 Å². The maximum atomic E-state index is 11.8. The Morgan fingerprint density at radius 3 is 2.88 bits per heavy atom. The minimum atomic E-state index is 0.0213. The number of fused-ring (bicyclic) bond motifs is 5. The van der Waals surface area contributed by atoms with Gasteiger partial charge in [-0.05, 0) is 78.4 Å². The van der Waals surface area contributed by atoms with Crippen molar-refractivity contribution >= 4 is 11.5 Å². The summed E-state index contributed by atoms with van der Waals surface area (Å²) in [6, 6.07) is 4.28. The molecule has 0 bridgehead atoms. The first-order chi connectivity index (χ1) is 12.5. The zero-order chi connectivity index (χ0) is 17.9. The van der Waals surface area contributed by atoms with Crippen molar-refractivity contribution in [1.82, 2.24) is 4.98 Å². The molecule has 3 heteroatoms. The van der Waals surface area contributed by atoms with Gasteiger partial charge in [-0.25, -0.2) is 0 Å². The second-order valence-electron chi connectivity index (χ2n) is 9.57. The number of ether oxygens (including phenoxy) is 1. The van der Waals surface area contributed by atoms with Gasteiger partial charge in [0, 0.05) is 24.2 Å². The van der Waals surface area contributed by atoms with Gasteiger partial charge in [-0.1, -0.05) is 26.0 Å². The van der Waals surface area contributed by atoms with Gasteiger partial charge in [0.1, 0.15) is 0 Å². The van der Waals surface area contributed by atoms with E-state index in [1.807, 2.05) is 12.4 Å². The van der Waals surface area contributed by atoms with E-state index in [2.05, 4.69) is 37.0 Å². The van der Waals surface area contributed by atoms with E-state index >= 15 is 0 Å². The number of rotatable bonds is 1. The maximum absolute atomic E-state index is 11.8.